The third kappa shape index (κ3) is 3.91. The summed E-state index contributed by atoms with van der Waals surface area (Å²) in [5, 5.41) is 14.3. The molecule has 0 saturated carbocycles. The average Bonchev–Trinajstić information content (AvgIpc) is 2.48. The maximum atomic E-state index is 13.5. The quantitative estimate of drug-likeness (QED) is 0.647. The maximum Gasteiger partial charge on any atom is 0.295 e. The minimum Gasteiger partial charge on any atom is -0.366 e. The van der Waals surface area contributed by atoms with Gasteiger partial charge in [0.1, 0.15) is 11.5 Å². The van der Waals surface area contributed by atoms with Gasteiger partial charge in [0.2, 0.25) is 0 Å². The minimum absolute atomic E-state index is 0.163. The number of nitrogens with zero attached hydrogens (tertiary/aromatic N) is 2. The van der Waals surface area contributed by atoms with Crippen LogP contribution < -0.4 is 10.2 Å². The highest BCUT2D eigenvalue weighted by Gasteiger charge is 2.26. The second kappa shape index (κ2) is 7.17. The van der Waals surface area contributed by atoms with E-state index < -0.39 is 10.7 Å². The normalized spacial score (nSPS) is 16.2. The molecule has 7 heteroatoms. The zero-order chi connectivity index (χ0) is 15.4. The van der Waals surface area contributed by atoms with Crippen molar-refractivity contribution in [1.82, 2.24) is 5.32 Å². The topological polar surface area (TPSA) is 58.4 Å². The summed E-state index contributed by atoms with van der Waals surface area (Å²) in [5.41, 5.74) is 0.338. The SMILES string of the molecule is CNCCC1CCN(c2cc(Br)c(F)cc2[N+](=O)[O-])CC1. The summed E-state index contributed by atoms with van der Waals surface area (Å²) in [6.07, 6.45) is 3.14. The van der Waals surface area contributed by atoms with Crippen LogP contribution in [0.3, 0.4) is 0 Å². The van der Waals surface area contributed by atoms with Gasteiger partial charge in [0.25, 0.3) is 5.69 Å². The van der Waals surface area contributed by atoms with Crippen molar-refractivity contribution in [3.05, 3.63) is 32.5 Å². The first-order valence-corrected chi connectivity index (χ1v) is 7.85. The van der Waals surface area contributed by atoms with Crippen LogP contribution in [0, 0.1) is 21.8 Å². The van der Waals surface area contributed by atoms with Crippen LogP contribution in [0.2, 0.25) is 0 Å². The molecule has 21 heavy (non-hydrogen) atoms. The predicted molar refractivity (Wildman–Crippen MR) is 84.2 cm³/mol. The Kier molecular flexibility index (Phi) is 5.52. The first-order valence-electron chi connectivity index (χ1n) is 7.06. The highest BCUT2D eigenvalue weighted by Crippen LogP contribution is 2.35. The smallest absolute Gasteiger partial charge is 0.295 e. The second-order valence-electron chi connectivity index (χ2n) is 5.33. The molecule has 1 N–H and O–H groups in total. The maximum absolute atomic E-state index is 13.5. The van der Waals surface area contributed by atoms with Crippen LogP contribution in [-0.4, -0.2) is 31.6 Å². The highest BCUT2D eigenvalue weighted by atomic mass is 79.9. The number of nitro benzene ring substituents is 1. The molecule has 0 unspecified atom stereocenters. The van der Waals surface area contributed by atoms with E-state index in [4.69, 9.17) is 0 Å². The number of hydrogen-bond donors (Lipinski definition) is 1. The van der Waals surface area contributed by atoms with E-state index in [1.807, 2.05) is 11.9 Å². The van der Waals surface area contributed by atoms with Crippen molar-refractivity contribution >= 4 is 27.3 Å². The van der Waals surface area contributed by atoms with Gasteiger partial charge < -0.3 is 10.2 Å². The number of nitro groups is 1. The zero-order valence-electron chi connectivity index (χ0n) is 11.9. The molecule has 1 heterocycles. The standard InChI is InChI=1S/C14H19BrFN3O2/c1-17-5-2-10-3-6-18(7-4-10)13-8-11(15)12(16)9-14(13)19(20)21/h8-10,17H,2-7H2,1H3. The highest BCUT2D eigenvalue weighted by molar-refractivity contribution is 9.10. The summed E-state index contributed by atoms with van der Waals surface area (Å²) in [4.78, 5) is 12.6. The monoisotopic (exact) mass is 359 g/mol. The second-order valence-corrected chi connectivity index (χ2v) is 6.19. The summed E-state index contributed by atoms with van der Waals surface area (Å²) in [5.74, 6) is 0.0472. The Morgan fingerprint density at radius 3 is 2.71 bits per heavy atom. The zero-order valence-corrected chi connectivity index (χ0v) is 13.5. The summed E-state index contributed by atoms with van der Waals surface area (Å²) < 4.78 is 13.8. The third-order valence-electron chi connectivity index (χ3n) is 3.97. The summed E-state index contributed by atoms with van der Waals surface area (Å²) >= 11 is 3.11. The van der Waals surface area contributed by atoms with Crippen LogP contribution in [0.4, 0.5) is 15.8 Å². The van der Waals surface area contributed by atoms with E-state index in [-0.39, 0.29) is 10.2 Å². The van der Waals surface area contributed by atoms with Crippen molar-refractivity contribution < 1.29 is 9.31 Å². The first kappa shape index (κ1) is 16.2. The van der Waals surface area contributed by atoms with Crippen LogP contribution in [-0.2, 0) is 0 Å². The molecular weight excluding hydrogens is 341 g/mol. The van der Waals surface area contributed by atoms with Gasteiger partial charge in [0, 0.05) is 13.1 Å². The molecule has 0 radical (unpaired) electrons. The Morgan fingerprint density at radius 1 is 1.48 bits per heavy atom. The van der Waals surface area contributed by atoms with Crippen LogP contribution in [0.15, 0.2) is 16.6 Å². The van der Waals surface area contributed by atoms with Gasteiger partial charge in [0.05, 0.1) is 15.5 Å². The number of nitrogens with one attached hydrogen (secondary N) is 1. The van der Waals surface area contributed by atoms with Crippen molar-refractivity contribution in [2.75, 3.05) is 31.6 Å². The molecule has 1 saturated heterocycles. The van der Waals surface area contributed by atoms with E-state index in [2.05, 4.69) is 21.2 Å². The number of anilines is 1. The van der Waals surface area contributed by atoms with Crippen LogP contribution in [0.1, 0.15) is 19.3 Å². The molecule has 1 aliphatic rings. The van der Waals surface area contributed by atoms with E-state index in [0.717, 1.165) is 45.0 Å². The minimum atomic E-state index is -0.602. The molecule has 0 aromatic heterocycles. The summed E-state index contributed by atoms with van der Waals surface area (Å²) in [7, 11) is 1.94. The van der Waals surface area contributed by atoms with E-state index >= 15 is 0 Å². The van der Waals surface area contributed by atoms with E-state index in [1.165, 1.54) is 6.07 Å². The van der Waals surface area contributed by atoms with Gasteiger partial charge in [-0.25, -0.2) is 4.39 Å². The fourth-order valence-corrected chi connectivity index (χ4v) is 3.07. The third-order valence-corrected chi connectivity index (χ3v) is 4.58. The molecule has 1 fully saturated rings. The molecule has 116 valence electrons. The summed E-state index contributed by atoms with van der Waals surface area (Å²) in [6.45, 7) is 2.54. The Bertz CT molecular complexity index is 519. The Hall–Kier alpha value is -1.21. The number of hydrogen-bond acceptors (Lipinski definition) is 4. The number of benzene rings is 1. The predicted octanol–water partition coefficient (Wildman–Crippen LogP) is 3.32. The molecule has 0 amide bonds. The lowest BCUT2D eigenvalue weighted by molar-refractivity contribution is -0.384. The molecule has 1 aromatic carbocycles. The fraction of sp³-hybridized carbons (Fsp3) is 0.571. The van der Waals surface area contributed by atoms with Crippen molar-refractivity contribution in [1.29, 1.82) is 0 Å². The molecular formula is C14H19BrFN3O2. The van der Waals surface area contributed by atoms with Gasteiger partial charge in [0.15, 0.2) is 0 Å². The van der Waals surface area contributed by atoms with Crippen LogP contribution in [0.5, 0.6) is 0 Å². The van der Waals surface area contributed by atoms with Crippen molar-refractivity contribution in [2.24, 2.45) is 5.92 Å². The molecule has 2 rings (SSSR count). The Morgan fingerprint density at radius 2 is 2.14 bits per heavy atom. The largest absolute Gasteiger partial charge is 0.366 e. The average molecular weight is 360 g/mol. The van der Waals surface area contributed by atoms with Gasteiger partial charge in [-0.05, 0) is 60.8 Å². The van der Waals surface area contributed by atoms with E-state index in [0.29, 0.717) is 11.6 Å². The first-order chi connectivity index (χ1) is 10.0. The molecule has 0 spiro atoms. The van der Waals surface area contributed by atoms with E-state index in [1.54, 1.807) is 0 Å². The van der Waals surface area contributed by atoms with Gasteiger partial charge in [-0.3, -0.25) is 10.1 Å². The lowest BCUT2D eigenvalue weighted by atomic mass is 9.93. The molecule has 0 aliphatic carbocycles. The van der Waals surface area contributed by atoms with Gasteiger partial charge >= 0.3 is 0 Å². The molecule has 5 nitrogen and oxygen atoms in total. The van der Waals surface area contributed by atoms with Gasteiger partial charge in [-0.2, -0.15) is 0 Å². The number of halogens is 2. The van der Waals surface area contributed by atoms with E-state index in [9.17, 15) is 14.5 Å². The molecule has 0 atom stereocenters. The fourth-order valence-electron chi connectivity index (χ4n) is 2.74. The van der Waals surface area contributed by atoms with Crippen molar-refractivity contribution in [2.45, 2.75) is 19.3 Å². The lowest BCUT2D eigenvalue weighted by Gasteiger charge is -2.33. The molecule has 1 aromatic rings. The van der Waals surface area contributed by atoms with Gasteiger partial charge in [-0.1, -0.05) is 0 Å². The Labute approximate surface area is 131 Å². The van der Waals surface area contributed by atoms with Crippen LogP contribution in [0.25, 0.3) is 0 Å². The van der Waals surface area contributed by atoms with Crippen molar-refractivity contribution in [3.8, 4) is 0 Å². The Balaban J connectivity index is 2.12. The number of piperidine rings is 1. The van der Waals surface area contributed by atoms with Crippen molar-refractivity contribution in [3.63, 3.8) is 0 Å². The lowest BCUT2D eigenvalue weighted by Crippen LogP contribution is -2.34. The van der Waals surface area contributed by atoms with Gasteiger partial charge in [-0.15, -0.1) is 0 Å². The molecule has 0 bridgehead atoms. The van der Waals surface area contributed by atoms with Crippen LogP contribution >= 0.6 is 15.9 Å². The number of rotatable bonds is 5. The molecule has 1 aliphatic heterocycles. The summed E-state index contributed by atoms with van der Waals surface area (Å²) in [6, 6.07) is 2.51.